The molecule has 0 radical (unpaired) electrons. The van der Waals surface area contributed by atoms with Gasteiger partial charge in [-0.2, -0.15) is 0 Å². The van der Waals surface area contributed by atoms with Crippen LogP contribution >= 0.6 is 0 Å². The zero-order valence-corrected chi connectivity index (χ0v) is 20.3. The van der Waals surface area contributed by atoms with Crippen molar-refractivity contribution in [2.24, 2.45) is 68.6 Å². The molecule has 12 aliphatic rings. The summed E-state index contributed by atoms with van der Waals surface area (Å²) < 4.78 is 0. The molecule has 32 heavy (non-hydrogen) atoms. The molecule has 4 unspecified atom stereocenters. The minimum absolute atomic E-state index is 0.211. The second kappa shape index (κ2) is 5.35. The number of hydrogen-bond acceptors (Lipinski definition) is 2. The molecule has 2 nitrogen and oxygen atoms in total. The van der Waals surface area contributed by atoms with Crippen LogP contribution in [0, 0.1) is 57.2 Å². The Labute approximate surface area is 195 Å². The molecule has 4 N–H and O–H groups in total. The maximum absolute atomic E-state index is 7.20. The molecule has 4 atom stereocenters. The number of hydrogen-bond donors (Lipinski definition) is 2. The summed E-state index contributed by atoms with van der Waals surface area (Å²) in [5.41, 5.74) is 17.4. The zero-order chi connectivity index (χ0) is 21.2. The van der Waals surface area contributed by atoms with E-state index >= 15 is 0 Å². The molecule has 0 aromatic heterocycles. The average molecular weight is 435 g/mol. The highest BCUT2D eigenvalue weighted by molar-refractivity contribution is 5.25. The lowest BCUT2D eigenvalue weighted by Crippen LogP contribution is -2.71. The quantitative estimate of drug-likeness (QED) is 0.546. The maximum Gasteiger partial charge on any atom is 0.0165 e. The van der Waals surface area contributed by atoms with Crippen molar-refractivity contribution in [2.75, 3.05) is 0 Å². The van der Waals surface area contributed by atoms with Crippen molar-refractivity contribution >= 4 is 0 Å². The lowest BCUT2D eigenvalue weighted by Gasteiger charge is -2.78. The van der Waals surface area contributed by atoms with Crippen molar-refractivity contribution in [3.8, 4) is 0 Å². The second-order valence-corrected chi connectivity index (χ2v) is 16.7. The van der Waals surface area contributed by atoms with Gasteiger partial charge in [0.15, 0.2) is 0 Å². The van der Waals surface area contributed by atoms with Gasteiger partial charge in [-0.05, 0) is 173 Å². The van der Waals surface area contributed by atoms with Crippen LogP contribution in [0.15, 0.2) is 0 Å². The van der Waals surface area contributed by atoms with Crippen molar-refractivity contribution in [1.29, 1.82) is 0 Å². The monoisotopic (exact) mass is 434 g/mol. The number of rotatable bonds is 2. The van der Waals surface area contributed by atoms with Gasteiger partial charge >= 0.3 is 0 Å². The van der Waals surface area contributed by atoms with E-state index in [4.69, 9.17) is 11.5 Å². The zero-order valence-electron chi connectivity index (χ0n) is 20.3. The van der Waals surface area contributed by atoms with Crippen LogP contribution in [0.4, 0.5) is 0 Å². The molecule has 176 valence electrons. The van der Waals surface area contributed by atoms with E-state index in [1.165, 1.54) is 51.4 Å². The van der Waals surface area contributed by atoms with Crippen LogP contribution in [-0.4, -0.2) is 11.1 Å². The summed E-state index contributed by atoms with van der Waals surface area (Å²) >= 11 is 0. The Morgan fingerprint density at radius 1 is 0.344 bits per heavy atom. The van der Waals surface area contributed by atoms with Gasteiger partial charge in [0.05, 0.1) is 0 Å². The summed E-state index contributed by atoms with van der Waals surface area (Å²) in [6.07, 6.45) is 27.1. The normalized spacial score (nSPS) is 69.9. The third-order valence-electron chi connectivity index (χ3n) is 14.5. The van der Waals surface area contributed by atoms with Crippen LogP contribution in [0.5, 0.6) is 0 Å². The van der Waals surface area contributed by atoms with Crippen molar-refractivity contribution < 1.29 is 0 Å². The number of nitrogens with two attached hydrogens (primary N) is 2. The van der Waals surface area contributed by atoms with E-state index < -0.39 is 0 Å². The summed E-state index contributed by atoms with van der Waals surface area (Å²) in [5.74, 6) is 5.96. The van der Waals surface area contributed by atoms with Crippen LogP contribution < -0.4 is 11.5 Å². The SMILES string of the molecule is NC12CC3CC(C1)CC(C14CC5CC(C1)CC(C16CC7CC(CC(N)(C7)C1)C6)(C5)C4)(C3)C2. The molecule has 0 amide bonds. The molecule has 0 aromatic rings. The topological polar surface area (TPSA) is 52.0 Å². The van der Waals surface area contributed by atoms with E-state index in [9.17, 15) is 0 Å². The molecule has 12 rings (SSSR count). The molecule has 0 heterocycles. The molecule has 0 aromatic carbocycles. The molecule has 0 spiro atoms. The molecular weight excluding hydrogens is 388 g/mol. The molecule has 2 heteroatoms. The van der Waals surface area contributed by atoms with Crippen LogP contribution in [0.1, 0.15) is 116 Å². The molecule has 12 bridgehead atoms. The lowest BCUT2D eigenvalue weighted by atomic mass is 9.27. The predicted octanol–water partition coefficient (Wildman–Crippen LogP) is 6.17. The Balaban J connectivity index is 1.16. The van der Waals surface area contributed by atoms with Gasteiger partial charge in [-0.15, -0.1) is 0 Å². The van der Waals surface area contributed by atoms with E-state index in [-0.39, 0.29) is 11.1 Å². The fourth-order valence-corrected chi connectivity index (χ4v) is 15.4. The summed E-state index contributed by atoms with van der Waals surface area (Å²) in [7, 11) is 0. The van der Waals surface area contributed by atoms with Crippen LogP contribution in [0.3, 0.4) is 0 Å². The van der Waals surface area contributed by atoms with E-state index in [2.05, 4.69) is 0 Å². The minimum atomic E-state index is 0.211. The molecule has 0 aliphatic heterocycles. The van der Waals surface area contributed by atoms with Crippen molar-refractivity contribution in [1.82, 2.24) is 0 Å². The first-order chi connectivity index (χ1) is 15.2. The Hall–Kier alpha value is -0.0800. The highest BCUT2D eigenvalue weighted by Crippen LogP contribution is 2.82. The first-order valence-electron chi connectivity index (χ1n) is 14.8. The Morgan fingerprint density at radius 2 is 0.594 bits per heavy atom. The highest BCUT2D eigenvalue weighted by atomic mass is 14.9. The summed E-state index contributed by atoms with van der Waals surface area (Å²) in [6, 6.07) is 0. The van der Waals surface area contributed by atoms with Gasteiger partial charge in [0.2, 0.25) is 0 Å². The molecule has 12 aliphatic carbocycles. The molecule has 12 fully saturated rings. The van der Waals surface area contributed by atoms with Gasteiger partial charge in [0.1, 0.15) is 0 Å². The third kappa shape index (κ3) is 2.15. The maximum atomic E-state index is 7.20. The Bertz CT molecular complexity index is 777. The van der Waals surface area contributed by atoms with Crippen molar-refractivity contribution in [2.45, 2.75) is 127 Å². The second-order valence-electron chi connectivity index (χ2n) is 16.7. The van der Waals surface area contributed by atoms with Crippen molar-refractivity contribution in [3.63, 3.8) is 0 Å². The van der Waals surface area contributed by atoms with Gasteiger partial charge in [0, 0.05) is 11.1 Å². The van der Waals surface area contributed by atoms with E-state index in [1.54, 1.807) is 64.2 Å². The summed E-state index contributed by atoms with van der Waals surface area (Å²) in [6.45, 7) is 0. The summed E-state index contributed by atoms with van der Waals surface area (Å²) in [5, 5.41) is 0. The standard InChI is InChI=1S/C30H46N2/c31-29-12-21-2-22(13-29)9-27(8-21,17-29)25-4-19-1-20(5-25)7-26(6-19,16-25)28-10-23-3-24(11-28)15-30(32,14-23)18-28/h19-24H,1-18,31-32H2. The smallest absolute Gasteiger partial charge is 0.0165 e. The van der Waals surface area contributed by atoms with Crippen LogP contribution in [0.25, 0.3) is 0 Å². The Morgan fingerprint density at radius 3 is 0.875 bits per heavy atom. The average Bonchev–Trinajstić information content (AvgIpc) is 2.63. The molecule has 12 saturated carbocycles. The highest BCUT2D eigenvalue weighted by Gasteiger charge is 2.74. The summed E-state index contributed by atoms with van der Waals surface area (Å²) in [4.78, 5) is 0. The largest absolute Gasteiger partial charge is 0.325 e. The predicted molar refractivity (Wildman–Crippen MR) is 128 cm³/mol. The molecular formula is C30H46N2. The van der Waals surface area contributed by atoms with Crippen molar-refractivity contribution in [3.05, 3.63) is 0 Å². The Kier molecular flexibility index (Phi) is 3.20. The van der Waals surface area contributed by atoms with Crippen LogP contribution in [-0.2, 0) is 0 Å². The first-order valence-corrected chi connectivity index (χ1v) is 14.8. The van der Waals surface area contributed by atoms with E-state index in [1.807, 2.05) is 0 Å². The van der Waals surface area contributed by atoms with E-state index in [0.29, 0.717) is 21.7 Å². The van der Waals surface area contributed by atoms with Crippen LogP contribution in [0.2, 0.25) is 0 Å². The third-order valence-corrected chi connectivity index (χ3v) is 14.5. The first kappa shape index (κ1) is 19.1. The minimum Gasteiger partial charge on any atom is -0.325 e. The lowest BCUT2D eigenvalue weighted by molar-refractivity contribution is -0.270. The fourth-order valence-electron chi connectivity index (χ4n) is 15.4. The van der Waals surface area contributed by atoms with E-state index in [0.717, 1.165) is 35.5 Å². The molecule has 0 saturated heterocycles. The van der Waals surface area contributed by atoms with Gasteiger partial charge in [-0.3, -0.25) is 0 Å². The van der Waals surface area contributed by atoms with Gasteiger partial charge < -0.3 is 11.5 Å². The van der Waals surface area contributed by atoms with Gasteiger partial charge in [-0.1, -0.05) is 0 Å². The van der Waals surface area contributed by atoms with Gasteiger partial charge in [0.25, 0.3) is 0 Å². The fraction of sp³-hybridized carbons (Fsp3) is 1.00. The van der Waals surface area contributed by atoms with Gasteiger partial charge in [-0.25, -0.2) is 0 Å².